The molecule has 1 aromatic rings. The van der Waals surface area contributed by atoms with Gasteiger partial charge in [0, 0.05) is 0 Å². The predicted octanol–water partition coefficient (Wildman–Crippen LogP) is 2.14. The Morgan fingerprint density at radius 2 is 2.00 bits per heavy atom. The van der Waals surface area contributed by atoms with E-state index in [2.05, 4.69) is 26.6 Å². The topological polar surface area (TPSA) is 71.0 Å². The lowest BCUT2D eigenvalue weighted by molar-refractivity contribution is -0.201. The lowest BCUT2D eigenvalue weighted by atomic mass is 10.6. The predicted molar refractivity (Wildman–Crippen MR) is 44.6 cm³/mol. The molecule has 0 saturated heterocycles. The van der Waals surface area contributed by atoms with Crippen LogP contribution in [0.4, 0.5) is 13.2 Å². The number of allylic oxidation sites excluding steroid dienone is 1. The van der Waals surface area contributed by atoms with Crippen LogP contribution >= 0.6 is 0 Å². The zero-order valence-electron chi connectivity index (χ0n) is 8.09. The first kappa shape index (κ1) is 13.4. The van der Waals surface area contributed by atoms with Crippen LogP contribution in [0.5, 0.6) is 0 Å². The van der Waals surface area contributed by atoms with E-state index in [1.54, 1.807) is 6.92 Å². The molecular weight excluding hydrogens is 215 g/mol. The molecule has 0 aliphatic heterocycles. The van der Waals surface area contributed by atoms with Crippen LogP contribution in [-0.2, 0) is 11.1 Å². The molecule has 2 N–H and O–H groups in total. The molecule has 0 saturated carbocycles. The number of nitrogens with zero attached hydrogens (tertiary/aromatic N) is 2. The molecule has 1 heterocycles. The van der Waals surface area contributed by atoms with Crippen molar-refractivity contribution in [3.05, 3.63) is 24.0 Å². The molecule has 0 bridgehead atoms. The molecule has 0 radical (unpaired) electrons. The molecule has 0 spiro atoms. The molecule has 1 rings (SSSR count). The molecular formula is C7H10F3N3O2. The number of halogens is 3. The maximum Gasteiger partial charge on any atom is 0.453 e. The summed E-state index contributed by atoms with van der Waals surface area (Å²) in [6.07, 6.45) is -4.44. The van der Waals surface area contributed by atoms with E-state index < -0.39 is 12.0 Å². The van der Waals surface area contributed by atoms with E-state index in [0.717, 1.165) is 0 Å². The van der Waals surface area contributed by atoms with Gasteiger partial charge in [-0.25, -0.2) is 10.2 Å². The van der Waals surface area contributed by atoms with Gasteiger partial charge in [0.15, 0.2) is 0 Å². The summed E-state index contributed by atoms with van der Waals surface area (Å²) in [5, 5.41) is 12.6. The average Bonchev–Trinajstić information content (AvgIpc) is 2.52. The first-order valence-electron chi connectivity index (χ1n) is 3.70. The van der Waals surface area contributed by atoms with E-state index in [9.17, 15) is 13.2 Å². The molecule has 0 unspecified atom stereocenters. The first-order valence-corrected chi connectivity index (χ1v) is 3.70. The Morgan fingerprint density at radius 3 is 2.13 bits per heavy atom. The third-order valence-corrected chi connectivity index (χ3v) is 1.01. The van der Waals surface area contributed by atoms with E-state index in [-0.39, 0.29) is 5.82 Å². The second-order valence-electron chi connectivity index (χ2n) is 2.54. The summed E-state index contributed by atoms with van der Waals surface area (Å²) in [5.41, 5.74) is 0. The van der Waals surface area contributed by atoms with Crippen LogP contribution in [0, 0.1) is 6.92 Å². The fourth-order valence-corrected chi connectivity index (χ4v) is 0.469. The molecule has 0 aliphatic rings. The maximum atomic E-state index is 11.7. The number of hydrogen-bond donors (Lipinski definition) is 2. The second-order valence-corrected chi connectivity index (χ2v) is 2.54. The maximum absolute atomic E-state index is 11.7. The minimum atomic E-state index is -4.44. The monoisotopic (exact) mass is 225 g/mol. The quantitative estimate of drug-likeness (QED) is 0.436. The van der Waals surface area contributed by atoms with Gasteiger partial charge < -0.3 is 4.89 Å². The first-order chi connectivity index (χ1) is 6.77. The lowest BCUT2D eigenvalue weighted by Crippen LogP contribution is -2.07. The number of aromatic nitrogens is 3. The van der Waals surface area contributed by atoms with Gasteiger partial charge in [-0.05, 0) is 13.8 Å². The van der Waals surface area contributed by atoms with Crippen molar-refractivity contribution in [3.63, 3.8) is 0 Å². The van der Waals surface area contributed by atoms with Crippen molar-refractivity contribution >= 4 is 0 Å². The van der Waals surface area contributed by atoms with Crippen LogP contribution in [-0.4, -0.2) is 20.4 Å². The van der Waals surface area contributed by atoms with Crippen LogP contribution < -0.4 is 0 Å². The van der Waals surface area contributed by atoms with Crippen LogP contribution in [0.2, 0.25) is 0 Å². The zero-order chi connectivity index (χ0) is 12.1. The summed E-state index contributed by atoms with van der Waals surface area (Å²) < 4.78 is 35.0. The van der Waals surface area contributed by atoms with E-state index >= 15 is 0 Å². The zero-order valence-corrected chi connectivity index (χ0v) is 8.09. The van der Waals surface area contributed by atoms with Crippen LogP contribution in [0.25, 0.3) is 0 Å². The molecule has 0 atom stereocenters. The third-order valence-electron chi connectivity index (χ3n) is 1.01. The van der Waals surface area contributed by atoms with Gasteiger partial charge in [0.2, 0.25) is 0 Å². The summed E-state index contributed by atoms with van der Waals surface area (Å²) in [7, 11) is 0. The number of nitrogens with one attached hydrogen (secondary N) is 1. The van der Waals surface area contributed by atoms with Crippen LogP contribution in [0.1, 0.15) is 18.6 Å². The Balaban J connectivity index is 0.000000336. The number of rotatable bonds is 1. The lowest BCUT2D eigenvalue weighted by Gasteiger charge is -1.96. The van der Waals surface area contributed by atoms with E-state index in [1.807, 2.05) is 0 Å². The van der Waals surface area contributed by atoms with Crippen LogP contribution in [0.3, 0.4) is 0 Å². The van der Waals surface area contributed by atoms with Gasteiger partial charge in [-0.2, -0.15) is 13.2 Å². The van der Waals surface area contributed by atoms with Crippen molar-refractivity contribution in [2.75, 3.05) is 0 Å². The highest BCUT2D eigenvalue weighted by molar-refractivity contribution is 4.91. The minimum absolute atomic E-state index is 0.160. The smallest absolute Gasteiger partial charge is 0.346 e. The van der Waals surface area contributed by atoms with Gasteiger partial charge in [0.05, 0.1) is 0 Å². The Labute approximate surface area is 83.5 Å². The fourth-order valence-electron chi connectivity index (χ4n) is 0.469. The van der Waals surface area contributed by atoms with Crippen molar-refractivity contribution in [3.8, 4) is 0 Å². The Morgan fingerprint density at radius 1 is 1.53 bits per heavy atom. The molecule has 0 fully saturated rings. The molecule has 8 heteroatoms. The number of aryl methyl sites for hydroxylation is 1. The molecule has 0 aliphatic carbocycles. The van der Waals surface area contributed by atoms with Crippen molar-refractivity contribution in [2.24, 2.45) is 0 Å². The van der Waals surface area contributed by atoms with E-state index in [1.165, 1.54) is 6.92 Å². The number of hydrogen-bond acceptors (Lipinski definition) is 4. The number of aromatic amines is 1. The third kappa shape index (κ3) is 5.68. The average molecular weight is 225 g/mol. The van der Waals surface area contributed by atoms with Crippen LogP contribution in [0.15, 0.2) is 12.3 Å². The summed E-state index contributed by atoms with van der Waals surface area (Å²) in [4.78, 5) is 6.65. The molecule has 15 heavy (non-hydrogen) atoms. The second kappa shape index (κ2) is 5.35. The summed E-state index contributed by atoms with van der Waals surface area (Å²) in [5.74, 6) is -0.651. The highest BCUT2D eigenvalue weighted by atomic mass is 19.4. The van der Waals surface area contributed by atoms with Gasteiger partial charge in [0.1, 0.15) is 11.6 Å². The standard InChI is InChI=1S/C4H4F3N3.C3H6O2/c1-2-8-3(10-9-2)4(5,6)7;1-3(2)5-4/h1H3,(H,8,9,10);4H,1H2,2H3. The Hall–Kier alpha value is -1.57. The van der Waals surface area contributed by atoms with E-state index in [0.29, 0.717) is 5.76 Å². The van der Waals surface area contributed by atoms with Gasteiger partial charge in [0.25, 0.3) is 5.82 Å². The van der Waals surface area contributed by atoms with E-state index in [4.69, 9.17) is 5.26 Å². The Bertz CT molecular complexity index is 322. The van der Waals surface area contributed by atoms with Gasteiger partial charge in [-0.1, -0.05) is 6.58 Å². The summed E-state index contributed by atoms with van der Waals surface area (Å²) >= 11 is 0. The normalized spacial score (nSPS) is 10.3. The molecule has 1 aromatic heterocycles. The number of H-pyrrole nitrogens is 1. The summed E-state index contributed by atoms with van der Waals surface area (Å²) in [6, 6.07) is 0. The highest BCUT2D eigenvalue weighted by Crippen LogP contribution is 2.25. The Kier molecular flexibility index (Phi) is 4.79. The largest absolute Gasteiger partial charge is 0.453 e. The van der Waals surface area contributed by atoms with Gasteiger partial charge in [-0.3, -0.25) is 5.10 Å². The summed E-state index contributed by atoms with van der Waals surface area (Å²) in [6.45, 7) is 6.16. The fraction of sp³-hybridized carbons (Fsp3) is 0.429. The molecule has 5 nitrogen and oxygen atoms in total. The minimum Gasteiger partial charge on any atom is -0.346 e. The highest BCUT2D eigenvalue weighted by Gasteiger charge is 2.35. The van der Waals surface area contributed by atoms with Crippen molar-refractivity contribution in [2.45, 2.75) is 20.0 Å². The van der Waals surface area contributed by atoms with Gasteiger partial charge >= 0.3 is 6.18 Å². The van der Waals surface area contributed by atoms with Crippen molar-refractivity contribution < 1.29 is 23.3 Å². The molecule has 0 aromatic carbocycles. The van der Waals surface area contributed by atoms with Crippen molar-refractivity contribution in [1.29, 1.82) is 0 Å². The number of alkyl halides is 3. The SMILES string of the molecule is C=C(C)OO.Cc1nc(C(F)(F)F)n[nH]1. The molecule has 86 valence electrons. The van der Waals surface area contributed by atoms with Crippen molar-refractivity contribution in [1.82, 2.24) is 15.2 Å². The van der Waals surface area contributed by atoms with Gasteiger partial charge in [-0.15, -0.1) is 5.10 Å². The molecule has 0 amide bonds.